The van der Waals surface area contributed by atoms with Crippen LogP contribution in [-0.2, 0) is 10.0 Å². The molecule has 0 bridgehead atoms. The SMILES string of the molecule is O=S(=O)(c1ccc(-c2csc(NN=Cc3cccc(Oc4ccccc4)c3)n2)cc1)N1CCCCC1. The van der Waals surface area contributed by atoms with E-state index in [1.54, 1.807) is 34.8 Å². The lowest BCUT2D eigenvalue weighted by Crippen LogP contribution is -2.35. The van der Waals surface area contributed by atoms with Crippen molar-refractivity contribution in [3.63, 3.8) is 0 Å². The van der Waals surface area contributed by atoms with Crippen LogP contribution in [0.4, 0.5) is 5.13 Å². The predicted molar refractivity (Wildman–Crippen MR) is 144 cm³/mol. The van der Waals surface area contributed by atoms with Crippen LogP contribution in [0.3, 0.4) is 0 Å². The lowest BCUT2D eigenvalue weighted by atomic mass is 10.2. The van der Waals surface area contributed by atoms with Crippen LogP contribution in [0.15, 0.2) is 94.2 Å². The van der Waals surface area contributed by atoms with Crippen molar-refractivity contribution in [1.29, 1.82) is 0 Å². The number of hydrazone groups is 1. The summed E-state index contributed by atoms with van der Waals surface area (Å²) in [7, 11) is -3.44. The number of ether oxygens (including phenoxy) is 1. The Morgan fingerprint density at radius 3 is 2.44 bits per heavy atom. The highest BCUT2D eigenvalue weighted by molar-refractivity contribution is 7.89. The molecule has 184 valence electrons. The molecule has 1 aliphatic heterocycles. The average Bonchev–Trinajstić information content (AvgIpc) is 3.39. The molecule has 1 aliphatic rings. The number of para-hydroxylation sites is 1. The van der Waals surface area contributed by atoms with Crippen molar-refractivity contribution in [2.45, 2.75) is 24.2 Å². The maximum atomic E-state index is 12.9. The largest absolute Gasteiger partial charge is 0.457 e. The third-order valence-electron chi connectivity index (χ3n) is 5.82. The van der Waals surface area contributed by atoms with E-state index in [1.807, 2.05) is 60.0 Å². The van der Waals surface area contributed by atoms with E-state index in [0.717, 1.165) is 47.6 Å². The lowest BCUT2D eigenvalue weighted by molar-refractivity contribution is 0.346. The standard InChI is InChI=1S/C27H26N4O3S2/c32-36(33,31-16-5-2-6-17-31)25-14-12-22(13-15-25)26-20-35-27(29-26)30-28-19-21-8-7-11-24(18-21)34-23-9-3-1-4-10-23/h1,3-4,7-15,18-20H,2,5-6,16-17H2,(H,29,30). The van der Waals surface area contributed by atoms with Gasteiger partial charge in [0, 0.05) is 24.0 Å². The van der Waals surface area contributed by atoms with Gasteiger partial charge in [-0.2, -0.15) is 9.41 Å². The molecular formula is C27H26N4O3S2. The normalized spacial score (nSPS) is 14.7. The Labute approximate surface area is 215 Å². The summed E-state index contributed by atoms with van der Waals surface area (Å²) in [6.45, 7) is 1.19. The first-order valence-corrected chi connectivity index (χ1v) is 14.1. The number of piperidine rings is 1. The zero-order chi connectivity index (χ0) is 24.8. The van der Waals surface area contributed by atoms with E-state index in [2.05, 4.69) is 15.5 Å². The second kappa shape index (κ2) is 11.0. The highest BCUT2D eigenvalue weighted by atomic mass is 32.2. The van der Waals surface area contributed by atoms with Crippen LogP contribution in [0.1, 0.15) is 24.8 Å². The lowest BCUT2D eigenvalue weighted by Gasteiger charge is -2.25. The summed E-state index contributed by atoms with van der Waals surface area (Å²) >= 11 is 1.43. The maximum absolute atomic E-state index is 12.9. The van der Waals surface area contributed by atoms with E-state index >= 15 is 0 Å². The molecular weight excluding hydrogens is 492 g/mol. The number of benzene rings is 3. The topological polar surface area (TPSA) is 83.9 Å². The molecule has 3 aromatic carbocycles. The molecule has 7 nitrogen and oxygen atoms in total. The van der Waals surface area contributed by atoms with Gasteiger partial charge in [0.25, 0.3) is 0 Å². The van der Waals surface area contributed by atoms with E-state index < -0.39 is 10.0 Å². The van der Waals surface area contributed by atoms with Crippen LogP contribution in [0, 0.1) is 0 Å². The van der Waals surface area contributed by atoms with Gasteiger partial charge in [-0.3, -0.25) is 5.43 Å². The molecule has 4 aromatic rings. The van der Waals surface area contributed by atoms with Crippen LogP contribution >= 0.6 is 11.3 Å². The van der Waals surface area contributed by atoms with Gasteiger partial charge >= 0.3 is 0 Å². The molecule has 5 rings (SSSR count). The van der Waals surface area contributed by atoms with Gasteiger partial charge in [0.2, 0.25) is 15.2 Å². The molecule has 1 aromatic heterocycles. The van der Waals surface area contributed by atoms with E-state index in [1.165, 1.54) is 11.3 Å². The summed E-state index contributed by atoms with van der Waals surface area (Å²) in [6, 6.07) is 24.2. The highest BCUT2D eigenvalue weighted by Crippen LogP contribution is 2.28. The summed E-state index contributed by atoms with van der Waals surface area (Å²) < 4.78 is 33.2. The maximum Gasteiger partial charge on any atom is 0.243 e. The fourth-order valence-corrected chi connectivity index (χ4v) is 6.14. The smallest absolute Gasteiger partial charge is 0.243 e. The fraction of sp³-hybridized carbons (Fsp3) is 0.185. The Hall–Kier alpha value is -3.53. The Morgan fingerprint density at radius 2 is 1.67 bits per heavy atom. The zero-order valence-electron chi connectivity index (χ0n) is 19.6. The van der Waals surface area contributed by atoms with Crippen molar-refractivity contribution < 1.29 is 13.2 Å². The van der Waals surface area contributed by atoms with E-state index in [0.29, 0.717) is 23.1 Å². The minimum atomic E-state index is -3.44. The second-order valence-corrected chi connectivity index (χ2v) is 11.2. The molecule has 9 heteroatoms. The van der Waals surface area contributed by atoms with Gasteiger partial charge in [-0.05, 0) is 54.8 Å². The van der Waals surface area contributed by atoms with Crippen LogP contribution in [-0.4, -0.2) is 37.0 Å². The van der Waals surface area contributed by atoms with Gasteiger partial charge in [0.05, 0.1) is 16.8 Å². The third kappa shape index (κ3) is 5.81. The summed E-state index contributed by atoms with van der Waals surface area (Å²) in [4.78, 5) is 4.90. The summed E-state index contributed by atoms with van der Waals surface area (Å²) in [5.41, 5.74) is 5.47. The molecule has 0 unspecified atom stereocenters. The number of nitrogens with one attached hydrogen (secondary N) is 1. The van der Waals surface area contributed by atoms with Crippen molar-refractivity contribution in [1.82, 2.24) is 9.29 Å². The first-order valence-electron chi connectivity index (χ1n) is 11.8. The van der Waals surface area contributed by atoms with Crippen molar-refractivity contribution in [3.8, 4) is 22.8 Å². The molecule has 0 amide bonds. The molecule has 1 saturated heterocycles. The number of rotatable bonds is 8. The van der Waals surface area contributed by atoms with E-state index in [4.69, 9.17) is 4.74 Å². The van der Waals surface area contributed by atoms with Crippen LogP contribution in [0.25, 0.3) is 11.3 Å². The number of hydrogen-bond donors (Lipinski definition) is 1. The Kier molecular flexibility index (Phi) is 7.41. The monoisotopic (exact) mass is 518 g/mol. The first kappa shape index (κ1) is 24.2. The minimum absolute atomic E-state index is 0.324. The van der Waals surface area contributed by atoms with Gasteiger partial charge < -0.3 is 4.74 Å². The number of anilines is 1. The van der Waals surface area contributed by atoms with Gasteiger partial charge in [0.15, 0.2) is 0 Å². The Bertz CT molecular complexity index is 1430. The number of thiazole rings is 1. The van der Waals surface area contributed by atoms with Crippen LogP contribution in [0.2, 0.25) is 0 Å². The quantitative estimate of drug-likeness (QED) is 0.221. The first-order chi connectivity index (χ1) is 17.6. The molecule has 0 atom stereocenters. The summed E-state index contributed by atoms with van der Waals surface area (Å²) in [5, 5.41) is 6.86. The molecule has 1 fully saturated rings. The van der Waals surface area contributed by atoms with Crippen LogP contribution in [0.5, 0.6) is 11.5 Å². The molecule has 1 N–H and O–H groups in total. The van der Waals surface area contributed by atoms with Gasteiger partial charge in [0.1, 0.15) is 11.5 Å². The summed E-state index contributed by atoms with van der Waals surface area (Å²) in [5.74, 6) is 1.50. The average molecular weight is 519 g/mol. The highest BCUT2D eigenvalue weighted by Gasteiger charge is 2.25. The number of hydrogen-bond acceptors (Lipinski definition) is 7. The number of sulfonamides is 1. The second-order valence-electron chi connectivity index (χ2n) is 8.38. The fourth-order valence-electron chi connectivity index (χ4n) is 3.95. The molecule has 0 saturated carbocycles. The van der Waals surface area contributed by atoms with Gasteiger partial charge in [-0.15, -0.1) is 11.3 Å². The Balaban J connectivity index is 1.21. The van der Waals surface area contributed by atoms with Crippen molar-refractivity contribution in [3.05, 3.63) is 89.8 Å². The zero-order valence-corrected chi connectivity index (χ0v) is 21.2. The summed E-state index contributed by atoms with van der Waals surface area (Å²) in [6.07, 6.45) is 4.63. The number of nitrogens with zero attached hydrogens (tertiary/aromatic N) is 3. The van der Waals surface area contributed by atoms with Crippen LogP contribution < -0.4 is 10.2 Å². The molecule has 36 heavy (non-hydrogen) atoms. The molecule has 0 radical (unpaired) electrons. The predicted octanol–water partition coefficient (Wildman–Crippen LogP) is 6.22. The van der Waals surface area contributed by atoms with Gasteiger partial charge in [-0.1, -0.05) is 48.9 Å². The van der Waals surface area contributed by atoms with E-state index in [9.17, 15) is 8.42 Å². The molecule has 0 aliphatic carbocycles. The number of aromatic nitrogens is 1. The van der Waals surface area contributed by atoms with Crippen molar-refractivity contribution in [2.24, 2.45) is 5.10 Å². The molecule has 0 spiro atoms. The molecule has 2 heterocycles. The van der Waals surface area contributed by atoms with Crippen molar-refractivity contribution >= 4 is 32.7 Å². The van der Waals surface area contributed by atoms with E-state index in [-0.39, 0.29) is 0 Å². The third-order valence-corrected chi connectivity index (χ3v) is 8.48. The Morgan fingerprint density at radius 1 is 0.917 bits per heavy atom. The minimum Gasteiger partial charge on any atom is -0.457 e. The van der Waals surface area contributed by atoms with Crippen molar-refractivity contribution in [2.75, 3.05) is 18.5 Å². The van der Waals surface area contributed by atoms with Gasteiger partial charge in [-0.25, -0.2) is 13.4 Å².